The maximum atomic E-state index is 9.83. The van der Waals surface area contributed by atoms with E-state index in [1.54, 1.807) is 11.3 Å². The second kappa shape index (κ2) is 5.00. The van der Waals surface area contributed by atoms with E-state index in [1.165, 1.54) is 25.7 Å². The van der Waals surface area contributed by atoms with Crippen molar-refractivity contribution in [3.05, 3.63) is 29.6 Å². The molecule has 0 aliphatic heterocycles. The minimum Gasteiger partial charge on any atom is -0.393 e. The molecule has 0 spiro atoms. The monoisotopic (exact) mass is 246 g/mol. The third-order valence-electron chi connectivity index (χ3n) is 4.79. The number of aliphatic hydroxyl groups excluding tert-OH is 1. The molecule has 3 rings (SSSR count). The third kappa shape index (κ3) is 2.07. The van der Waals surface area contributed by atoms with E-state index in [2.05, 4.69) is 29.8 Å². The van der Waals surface area contributed by atoms with E-state index in [-0.39, 0.29) is 6.10 Å². The largest absolute Gasteiger partial charge is 0.393 e. The first-order chi connectivity index (χ1) is 8.79. The zero-order valence-corrected chi connectivity index (χ0v) is 11.3. The van der Waals surface area contributed by atoms with E-state index >= 15 is 0 Å². The number of rotatable bonds is 2. The Morgan fingerprint density at radius 2 is 2.22 bits per heavy atom. The summed E-state index contributed by atoms with van der Waals surface area (Å²) in [5, 5.41) is 9.83. The maximum Gasteiger partial charge on any atom is 0.184 e. The van der Waals surface area contributed by atoms with Crippen LogP contribution in [0.5, 0.6) is 0 Å². The fourth-order valence-electron chi connectivity index (χ4n) is 3.97. The minimum absolute atomic E-state index is 0.0423. The molecular weight excluding hydrogens is 222 g/mol. The second-order valence-corrected chi connectivity index (χ2v) is 5.98. The molecule has 0 aromatic carbocycles. The quantitative estimate of drug-likeness (QED) is 0.797. The second-order valence-electron chi connectivity index (χ2n) is 5.98. The summed E-state index contributed by atoms with van der Waals surface area (Å²) >= 11 is 0. The van der Waals surface area contributed by atoms with Gasteiger partial charge >= 0.3 is 0 Å². The van der Waals surface area contributed by atoms with Crippen LogP contribution in [0.15, 0.2) is 18.3 Å². The Hall–Kier alpha value is -0.890. The first kappa shape index (κ1) is 12.2. The van der Waals surface area contributed by atoms with Gasteiger partial charge in [-0.05, 0) is 43.6 Å². The van der Waals surface area contributed by atoms with Crippen LogP contribution in [-0.4, -0.2) is 11.2 Å². The maximum absolute atomic E-state index is 9.83. The van der Waals surface area contributed by atoms with Gasteiger partial charge in [-0.3, -0.25) is 0 Å². The zero-order valence-electron chi connectivity index (χ0n) is 11.3. The highest BCUT2D eigenvalue weighted by Gasteiger charge is 2.37. The lowest BCUT2D eigenvalue weighted by Gasteiger charge is -2.37. The van der Waals surface area contributed by atoms with E-state index in [4.69, 9.17) is 0 Å². The Balaban J connectivity index is 1.93. The molecule has 0 bridgehead atoms. The molecule has 1 aromatic heterocycles. The van der Waals surface area contributed by atoms with Gasteiger partial charge in [0.1, 0.15) is 6.54 Å². The van der Waals surface area contributed by atoms with Crippen molar-refractivity contribution >= 4 is 0 Å². The van der Waals surface area contributed by atoms with Gasteiger partial charge in [-0.15, -0.1) is 0 Å². The molecule has 0 radical (unpaired) electrons. The molecule has 3 unspecified atom stereocenters. The molecule has 0 amide bonds. The smallest absolute Gasteiger partial charge is 0.184 e. The lowest BCUT2D eigenvalue weighted by Crippen LogP contribution is -2.43. The molecular formula is C16H24NO+. The molecule has 1 fully saturated rings. The molecule has 3 atom stereocenters. The van der Waals surface area contributed by atoms with Gasteiger partial charge < -0.3 is 5.11 Å². The lowest BCUT2D eigenvalue weighted by molar-refractivity contribution is -0.705. The standard InChI is InChI=1S/C16H24NO/c1-2-9-17-10-3-4-15-14-7-6-13(18)11-12(14)5-8-16(15)17/h3-4,10,12-14,18H,2,5-9,11H2,1H3/q+1. The Morgan fingerprint density at radius 3 is 3.06 bits per heavy atom. The molecule has 98 valence electrons. The van der Waals surface area contributed by atoms with Gasteiger partial charge in [0, 0.05) is 24.5 Å². The fraction of sp³-hybridized carbons (Fsp3) is 0.688. The highest BCUT2D eigenvalue weighted by molar-refractivity contribution is 5.25. The minimum atomic E-state index is -0.0423. The summed E-state index contributed by atoms with van der Waals surface area (Å²) < 4.78 is 2.45. The van der Waals surface area contributed by atoms with Crippen molar-refractivity contribution in [2.75, 3.05) is 0 Å². The summed E-state index contributed by atoms with van der Waals surface area (Å²) in [6.07, 6.45) is 9.05. The van der Waals surface area contributed by atoms with Crippen LogP contribution < -0.4 is 4.57 Å². The van der Waals surface area contributed by atoms with Crippen molar-refractivity contribution in [1.82, 2.24) is 0 Å². The molecule has 2 aliphatic carbocycles. The van der Waals surface area contributed by atoms with Crippen LogP contribution in [0.4, 0.5) is 0 Å². The first-order valence-electron chi connectivity index (χ1n) is 7.49. The molecule has 1 aromatic rings. The number of nitrogens with zero attached hydrogens (tertiary/aromatic N) is 1. The average Bonchev–Trinajstić information content (AvgIpc) is 2.38. The molecule has 18 heavy (non-hydrogen) atoms. The van der Waals surface area contributed by atoms with Crippen LogP contribution in [0.3, 0.4) is 0 Å². The Morgan fingerprint density at radius 1 is 1.33 bits per heavy atom. The summed E-state index contributed by atoms with van der Waals surface area (Å²) in [5.41, 5.74) is 3.14. The predicted molar refractivity (Wildman–Crippen MR) is 71.3 cm³/mol. The summed E-state index contributed by atoms with van der Waals surface area (Å²) in [4.78, 5) is 0. The fourth-order valence-corrected chi connectivity index (χ4v) is 3.97. The van der Waals surface area contributed by atoms with Crippen LogP contribution in [-0.2, 0) is 13.0 Å². The summed E-state index contributed by atoms with van der Waals surface area (Å²) in [5.74, 6) is 1.43. The van der Waals surface area contributed by atoms with Crippen LogP contribution in [0, 0.1) is 5.92 Å². The number of hydrogen-bond acceptors (Lipinski definition) is 1. The van der Waals surface area contributed by atoms with Crippen LogP contribution >= 0.6 is 0 Å². The van der Waals surface area contributed by atoms with E-state index < -0.39 is 0 Å². The molecule has 2 aliphatic rings. The average molecular weight is 246 g/mol. The van der Waals surface area contributed by atoms with Gasteiger partial charge in [0.2, 0.25) is 0 Å². The first-order valence-corrected chi connectivity index (χ1v) is 7.49. The van der Waals surface area contributed by atoms with Crippen molar-refractivity contribution in [2.45, 2.75) is 64.0 Å². The lowest BCUT2D eigenvalue weighted by atomic mass is 9.68. The van der Waals surface area contributed by atoms with E-state index in [0.717, 1.165) is 25.3 Å². The van der Waals surface area contributed by atoms with Gasteiger partial charge in [-0.25, -0.2) is 4.57 Å². The predicted octanol–water partition coefficient (Wildman–Crippen LogP) is 2.57. The topological polar surface area (TPSA) is 24.1 Å². The summed E-state index contributed by atoms with van der Waals surface area (Å²) in [7, 11) is 0. The van der Waals surface area contributed by atoms with Crippen molar-refractivity contribution in [3.63, 3.8) is 0 Å². The van der Waals surface area contributed by atoms with Gasteiger partial charge in [0.15, 0.2) is 11.9 Å². The Bertz CT molecular complexity index is 429. The van der Waals surface area contributed by atoms with Crippen molar-refractivity contribution in [2.24, 2.45) is 5.92 Å². The summed E-state index contributed by atoms with van der Waals surface area (Å²) in [6, 6.07) is 4.54. The summed E-state index contributed by atoms with van der Waals surface area (Å²) in [6.45, 7) is 3.39. The van der Waals surface area contributed by atoms with Gasteiger partial charge in [-0.2, -0.15) is 0 Å². The van der Waals surface area contributed by atoms with Crippen molar-refractivity contribution < 1.29 is 9.67 Å². The van der Waals surface area contributed by atoms with E-state index in [1.807, 2.05) is 0 Å². The Labute approximate surface area is 110 Å². The van der Waals surface area contributed by atoms with Gasteiger partial charge in [0.05, 0.1) is 6.10 Å². The number of hydrogen-bond donors (Lipinski definition) is 1. The van der Waals surface area contributed by atoms with E-state index in [0.29, 0.717) is 5.92 Å². The van der Waals surface area contributed by atoms with Gasteiger partial charge in [-0.1, -0.05) is 6.92 Å². The van der Waals surface area contributed by atoms with Crippen LogP contribution in [0.25, 0.3) is 0 Å². The van der Waals surface area contributed by atoms with Crippen LogP contribution in [0.1, 0.15) is 56.2 Å². The third-order valence-corrected chi connectivity index (χ3v) is 4.79. The normalized spacial score (nSPS) is 30.7. The number of pyridine rings is 1. The van der Waals surface area contributed by atoms with Crippen molar-refractivity contribution in [1.29, 1.82) is 0 Å². The Kier molecular flexibility index (Phi) is 3.38. The molecule has 0 saturated heterocycles. The van der Waals surface area contributed by atoms with Gasteiger partial charge in [0.25, 0.3) is 0 Å². The number of aryl methyl sites for hydroxylation is 1. The van der Waals surface area contributed by atoms with Crippen molar-refractivity contribution in [3.8, 4) is 0 Å². The molecule has 1 saturated carbocycles. The highest BCUT2D eigenvalue weighted by Crippen LogP contribution is 2.44. The molecule has 2 heteroatoms. The SMILES string of the molecule is CCC[n+]1cccc2c1CCC1CC(O)CCC21. The number of fused-ring (bicyclic) bond motifs is 3. The highest BCUT2D eigenvalue weighted by atomic mass is 16.3. The van der Waals surface area contributed by atoms with E-state index in [9.17, 15) is 5.11 Å². The molecule has 1 heterocycles. The number of aliphatic hydroxyl groups is 1. The zero-order chi connectivity index (χ0) is 12.5. The number of aromatic nitrogens is 1. The molecule has 1 N–H and O–H groups in total. The molecule has 2 nitrogen and oxygen atoms in total. The van der Waals surface area contributed by atoms with Crippen LogP contribution in [0.2, 0.25) is 0 Å².